The maximum atomic E-state index is 12.9. The van der Waals surface area contributed by atoms with Crippen molar-refractivity contribution in [3.05, 3.63) is 17.0 Å². The molecule has 7 nitrogen and oxygen atoms in total. The second-order valence-electron chi connectivity index (χ2n) is 7.19. The molecule has 1 amide bonds. The van der Waals surface area contributed by atoms with Crippen LogP contribution in [0.3, 0.4) is 0 Å². The summed E-state index contributed by atoms with van der Waals surface area (Å²) in [5, 5.41) is 7.34. The Kier molecular flexibility index (Phi) is 5.22. The summed E-state index contributed by atoms with van der Waals surface area (Å²) in [5.41, 5.74) is 2.59. The molecule has 1 fully saturated rings. The van der Waals surface area contributed by atoms with Crippen LogP contribution in [-0.2, 0) is 11.2 Å². The van der Waals surface area contributed by atoms with Gasteiger partial charge in [-0.3, -0.25) is 14.8 Å². The highest BCUT2D eigenvalue weighted by Crippen LogP contribution is 2.30. The van der Waals surface area contributed by atoms with E-state index >= 15 is 0 Å². The molecule has 2 aliphatic rings. The average molecular weight is 335 g/mol. The number of hydrogen-bond donors (Lipinski definition) is 1. The van der Waals surface area contributed by atoms with Crippen molar-refractivity contribution < 1.29 is 9.53 Å². The summed E-state index contributed by atoms with van der Waals surface area (Å²) in [7, 11) is 4.18. The van der Waals surface area contributed by atoms with Crippen LogP contribution in [0.2, 0.25) is 0 Å². The molecule has 1 saturated heterocycles. The molecule has 2 atom stereocenters. The molecule has 1 aromatic rings. The van der Waals surface area contributed by atoms with Gasteiger partial charge in [-0.05, 0) is 27.9 Å². The van der Waals surface area contributed by atoms with Crippen molar-refractivity contribution in [2.45, 2.75) is 32.5 Å². The molecular formula is C17H29N5O2. The van der Waals surface area contributed by atoms with Crippen LogP contribution in [0.25, 0.3) is 0 Å². The van der Waals surface area contributed by atoms with Crippen LogP contribution in [0.4, 0.5) is 0 Å². The lowest BCUT2D eigenvalue weighted by Crippen LogP contribution is -2.50. The number of carbonyl (C=O) groups excluding carboxylic acids is 1. The van der Waals surface area contributed by atoms with Gasteiger partial charge in [-0.1, -0.05) is 0 Å². The van der Waals surface area contributed by atoms with Crippen LogP contribution in [0.15, 0.2) is 0 Å². The second-order valence-corrected chi connectivity index (χ2v) is 7.19. The van der Waals surface area contributed by atoms with E-state index < -0.39 is 0 Å². The number of H-pyrrole nitrogens is 1. The fraction of sp³-hybridized carbons (Fsp3) is 0.765. The molecule has 3 heterocycles. The number of fused-ring (bicyclic) bond motifs is 1. The molecule has 1 aromatic heterocycles. The molecule has 0 spiro atoms. The number of ether oxygens (including phenoxy) is 1. The third-order valence-electron chi connectivity index (χ3n) is 4.96. The van der Waals surface area contributed by atoms with Crippen LogP contribution in [0.1, 0.15) is 41.7 Å². The van der Waals surface area contributed by atoms with Crippen molar-refractivity contribution in [3.63, 3.8) is 0 Å². The van der Waals surface area contributed by atoms with E-state index in [9.17, 15) is 4.79 Å². The number of rotatable bonds is 4. The van der Waals surface area contributed by atoms with Crippen molar-refractivity contribution in [3.8, 4) is 0 Å². The summed E-state index contributed by atoms with van der Waals surface area (Å²) in [5.74, 6) is 0.0565. The van der Waals surface area contributed by atoms with E-state index in [1.54, 1.807) is 0 Å². The van der Waals surface area contributed by atoms with Crippen molar-refractivity contribution in [1.29, 1.82) is 0 Å². The Morgan fingerprint density at radius 2 is 2.00 bits per heavy atom. The fourth-order valence-corrected chi connectivity index (χ4v) is 3.52. The molecule has 0 aromatic carbocycles. The SMILES string of the molecule is C[C@@H]1Cc2c(C(=O)N3CCN(CCN(C)C)CC3)n[nH]c2[C@H](C)O1. The Morgan fingerprint density at radius 1 is 1.29 bits per heavy atom. The average Bonchev–Trinajstić information content (AvgIpc) is 2.96. The van der Waals surface area contributed by atoms with E-state index in [0.717, 1.165) is 56.9 Å². The van der Waals surface area contributed by atoms with Crippen molar-refractivity contribution >= 4 is 5.91 Å². The van der Waals surface area contributed by atoms with Gasteiger partial charge in [-0.25, -0.2) is 0 Å². The van der Waals surface area contributed by atoms with Gasteiger partial charge in [0, 0.05) is 51.3 Å². The molecule has 7 heteroatoms. The lowest BCUT2D eigenvalue weighted by atomic mass is 9.99. The number of hydrogen-bond acceptors (Lipinski definition) is 5. The largest absolute Gasteiger partial charge is 0.369 e. The van der Waals surface area contributed by atoms with E-state index in [-0.39, 0.29) is 18.1 Å². The molecular weight excluding hydrogens is 306 g/mol. The maximum Gasteiger partial charge on any atom is 0.274 e. The minimum absolute atomic E-state index is 0.0271. The van der Waals surface area contributed by atoms with Crippen LogP contribution >= 0.6 is 0 Å². The van der Waals surface area contributed by atoms with Crippen LogP contribution < -0.4 is 0 Å². The molecule has 2 aliphatic heterocycles. The first-order valence-electron chi connectivity index (χ1n) is 8.84. The predicted molar refractivity (Wildman–Crippen MR) is 92.2 cm³/mol. The molecule has 0 aliphatic carbocycles. The molecule has 0 radical (unpaired) electrons. The number of carbonyl (C=O) groups is 1. The fourth-order valence-electron chi connectivity index (χ4n) is 3.52. The topological polar surface area (TPSA) is 64.7 Å². The summed E-state index contributed by atoms with van der Waals surface area (Å²) >= 11 is 0. The summed E-state index contributed by atoms with van der Waals surface area (Å²) < 4.78 is 5.80. The Labute approximate surface area is 143 Å². The van der Waals surface area contributed by atoms with E-state index in [1.165, 1.54) is 0 Å². The van der Waals surface area contributed by atoms with Crippen LogP contribution in [0, 0.1) is 0 Å². The molecule has 134 valence electrons. The number of aromatic nitrogens is 2. The van der Waals surface area contributed by atoms with E-state index in [1.807, 2.05) is 18.7 Å². The van der Waals surface area contributed by atoms with Gasteiger partial charge in [0.25, 0.3) is 5.91 Å². The van der Waals surface area contributed by atoms with Gasteiger partial charge >= 0.3 is 0 Å². The third kappa shape index (κ3) is 3.63. The van der Waals surface area contributed by atoms with E-state index in [4.69, 9.17) is 4.74 Å². The Morgan fingerprint density at radius 3 is 2.67 bits per heavy atom. The highest BCUT2D eigenvalue weighted by Gasteiger charge is 2.32. The number of amides is 1. The molecule has 1 N–H and O–H groups in total. The maximum absolute atomic E-state index is 12.9. The van der Waals surface area contributed by atoms with Gasteiger partial charge in [0.05, 0.1) is 17.9 Å². The van der Waals surface area contributed by atoms with Crippen molar-refractivity contribution in [2.24, 2.45) is 0 Å². The van der Waals surface area contributed by atoms with Gasteiger partial charge in [-0.2, -0.15) is 5.10 Å². The Balaban J connectivity index is 1.62. The number of likely N-dealkylation sites (N-methyl/N-ethyl adjacent to an activating group) is 1. The standard InChI is InChI=1S/C17H29N5O2/c1-12-11-14-15(13(2)24-12)18-19-16(14)17(23)22-9-7-21(8-10-22)6-5-20(3)4/h12-13H,5-11H2,1-4H3,(H,18,19)/t12-,13+/m1/s1. The third-order valence-corrected chi connectivity index (χ3v) is 4.96. The minimum atomic E-state index is -0.0271. The van der Waals surface area contributed by atoms with Gasteiger partial charge in [0.1, 0.15) is 0 Å². The molecule has 3 rings (SSSR count). The number of piperazine rings is 1. The molecule has 24 heavy (non-hydrogen) atoms. The van der Waals surface area contributed by atoms with Crippen LogP contribution in [0.5, 0.6) is 0 Å². The smallest absolute Gasteiger partial charge is 0.274 e. The summed E-state index contributed by atoms with van der Waals surface area (Å²) in [6.07, 6.45) is 0.847. The molecule has 0 bridgehead atoms. The lowest BCUT2D eigenvalue weighted by Gasteiger charge is -2.35. The zero-order chi connectivity index (χ0) is 17.3. The van der Waals surface area contributed by atoms with E-state index in [0.29, 0.717) is 5.69 Å². The van der Waals surface area contributed by atoms with Gasteiger partial charge in [0.2, 0.25) is 0 Å². The van der Waals surface area contributed by atoms with Crippen molar-refractivity contribution in [2.75, 3.05) is 53.4 Å². The van der Waals surface area contributed by atoms with Crippen molar-refractivity contribution in [1.82, 2.24) is 24.9 Å². The number of nitrogens with one attached hydrogen (secondary N) is 1. The molecule has 0 unspecified atom stereocenters. The van der Waals surface area contributed by atoms with Gasteiger partial charge in [0.15, 0.2) is 5.69 Å². The van der Waals surface area contributed by atoms with E-state index in [2.05, 4.69) is 34.1 Å². The first-order chi connectivity index (χ1) is 11.5. The minimum Gasteiger partial charge on any atom is -0.369 e. The highest BCUT2D eigenvalue weighted by molar-refractivity contribution is 5.94. The van der Waals surface area contributed by atoms with Gasteiger partial charge in [-0.15, -0.1) is 0 Å². The predicted octanol–water partition coefficient (Wildman–Crippen LogP) is 0.751. The highest BCUT2D eigenvalue weighted by atomic mass is 16.5. The zero-order valence-corrected chi connectivity index (χ0v) is 15.2. The normalized spacial score (nSPS) is 25.1. The zero-order valence-electron chi connectivity index (χ0n) is 15.2. The summed E-state index contributed by atoms with van der Waals surface area (Å²) in [6, 6.07) is 0. The number of aromatic amines is 1. The Hall–Kier alpha value is -1.44. The second kappa shape index (κ2) is 7.21. The quantitative estimate of drug-likeness (QED) is 0.880. The first kappa shape index (κ1) is 17.4. The molecule has 0 saturated carbocycles. The summed E-state index contributed by atoms with van der Waals surface area (Å²) in [4.78, 5) is 19.4. The Bertz CT molecular complexity index is 578. The van der Waals surface area contributed by atoms with Gasteiger partial charge < -0.3 is 14.5 Å². The summed E-state index contributed by atoms with van der Waals surface area (Å²) in [6.45, 7) is 9.57. The number of nitrogens with zero attached hydrogens (tertiary/aromatic N) is 4. The monoisotopic (exact) mass is 335 g/mol. The van der Waals surface area contributed by atoms with Crippen LogP contribution in [-0.4, -0.2) is 90.3 Å². The first-order valence-corrected chi connectivity index (χ1v) is 8.84. The lowest BCUT2D eigenvalue weighted by molar-refractivity contribution is -0.00704.